The lowest BCUT2D eigenvalue weighted by Gasteiger charge is -2.22. The van der Waals surface area contributed by atoms with Gasteiger partial charge in [0.1, 0.15) is 5.56 Å². The number of hydrogen-bond donors (Lipinski definition) is 1. The molecule has 0 amide bonds. The van der Waals surface area contributed by atoms with Gasteiger partial charge in [0.2, 0.25) is 5.43 Å². The summed E-state index contributed by atoms with van der Waals surface area (Å²) in [7, 11) is 1.38. The summed E-state index contributed by atoms with van der Waals surface area (Å²) in [5, 5.41) is 9.69. The zero-order valence-electron chi connectivity index (χ0n) is 16.2. The summed E-state index contributed by atoms with van der Waals surface area (Å²) in [5.41, 5.74) is 0.763. The number of ether oxygens (including phenoxy) is 1. The normalized spacial score (nSPS) is 21.2. The third-order valence-electron chi connectivity index (χ3n) is 6.20. The van der Waals surface area contributed by atoms with E-state index in [2.05, 4.69) is 4.99 Å². The molecule has 1 aromatic carbocycles. The van der Waals surface area contributed by atoms with E-state index in [9.17, 15) is 14.7 Å². The fourth-order valence-electron chi connectivity index (χ4n) is 4.60. The zero-order valence-corrected chi connectivity index (χ0v) is 16.2. The monoisotopic (exact) mass is 399 g/mol. The molecule has 1 saturated carbocycles. The van der Waals surface area contributed by atoms with Crippen molar-refractivity contribution in [3.8, 4) is 5.75 Å². The van der Waals surface area contributed by atoms with Crippen molar-refractivity contribution in [1.82, 2.24) is 4.57 Å². The van der Waals surface area contributed by atoms with Crippen molar-refractivity contribution in [1.29, 1.82) is 0 Å². The number of methoxy groups -OCH3 is 1. The molecular weight excluding hydrogens is 377 g/mol. The minimum Gasteiger partial charge on any atom is -0.491 e. The minimum absolute atomic E-state index is 0.00440. The number of fused-ring (bicyclic) bond motifs is 2. The largest absolute Gasteiger partial charge is 0.491 e. The zero-order chi connectivity index (χ0) is 20.3. The standard InChI is InChI=1S/C21H22FN3O4/c1-29-20-17(22)16(24-8-11-3-2-6-23-15(11)10-24)7-13-18(20)25(12-4-5-12)9-14(19(13)26)21(27)28/h7,9,11-12H,2-6,8,10H2,1H3,(H,27,28)/t11-/m0/s1. The van der Waals surface area contributed by atoms with Gasteiger partial charge in [-0.25, -0.2) is 9.18 Å². The fourth-order valence-corrected chi connectivity index (χ4v) is 4.60. The Hall–Kier alpha value is -2.90. The highest BCUT2D eigenvalue weighted by Gasteiger charge is 2.35. The molecule has 7 nitrogen and oxygen atoms in total. The highest BCUT2D eigenvalue weighted by Crippen LogP contribution is 2.42. The van der Waals surface area contributed by atoms with Crippen LogP contribution >= 0.6 is 0 Å². The van der Waals surface area contributed by atoms with E-state index < -0.39 is 17.2 Å². The van der Waals surface area contributed by atoms with Crippen LogP contribution in [0.4, 0.5) is 10.1 Å². The smallest absolute Gasteiger partial charge is 0.341 e. The Balaban J connectivity index is 1.74. The molecule has 5 rings (SSSR count). The van der Waals surface area contributed by atoms with Gasteiger partial charge in [0.25, 0.3) is 0 Å². The summed E-state index contributed by atoms with van der Waals surface area (Å²) in [4.78, 5) is 31.1. The maximum Gasteiger partial charge on any atom is 0.341 e. The summed E-state index contributed by atoms with van der Waals surface area (Å²) in [6.45, 7) is 1.96. The first-order valence-electron chi connectivity index (χ1n) is 9.96. The number of aliphatic imine (C=N–C) groups is 1. The number of carboxylic acid groups (broad SMARTS) is 1. The maximum absolute atomic E-state index is 15.5. The molecule has 2 fully saturated rings. The van der Waals surface area contributed by atoms with Crippen LogP contribution in [0.5, 0.6) is 5.75 Å². The van der Waals surface area contributed by atoms with Crippen molar-refractivity contribution in [2.45, 2.75) is 31.7 Å². The van der Waals surface area contributed by atoms with Crippen LogP contribution in [0.3, 0.4) is 0 Å². The molecule has 1 aliphatic carbocycles. The van der Waals surface area contributed by atoms with Crippen molar-refractivity contribution >= 4 is 28.3 Å². The number of aromatic carboxylic acids is 1. The van der Waals surface area contributed by atoms with Gasteiger partial charge in [0.05, 0.1) is 30.2 Å². The van der Waals surface area contributed by atoms with Crippen molar-refractivity contribution in [2.75, 3.05) is 31.6 Å². The average Bonchev–Trinajstić information content (AvgIpc) is 3.45. The van der Waals surface area contributed by atoms with E-state index in [1.54, 1.807) is 4.57 Å². The van der Waals surface area contributed by atoms with E-state index in [1.165, 1.54) is 19.4 Å². The highest BCUT2D eigenvalue weighted by atomic mass is 19.1. The van der Waals surface area contributed by atoms with E-state index in [0.717, 1.165) is 37.9 Å². The van der Waals surface area contributed by atoms with Gasteiger partial charge in [-0.3, -0.25) is 9.79 Å². The first-order valence-corrected chi connectivity index (χ1v) is 9.96. The molecule has 2 aliphatic heterocycles. The topological polar surface area (TPSA) is 84.1 Å². The quantitative estimate of drug-likeness (QED) is 0.855. The van der Waals surface area contributed by atoms with E-state index in [0.29, 0.717) is 24.5 Å². The molecule has 1 aromatic heterocycles. The summed E-state index contributed by atoms with van der Waals surface area (Å²) in [6.07, 6.45) is 5.10. The summed E-state index contributed by atoms with van der Waals surface area (Å²) >= 11 is 0. The average molecular weight is 399 g/mol. The molecular formula is C21H22FN3O4. The van der Waals surface area contributed by atoms with Crippen molar-refractivity contribution in [3.63, 3.8) is 0 Å². The maximum atomic E-state index is 15.5. The summed E-state index contributed by atoms with van der Waals surface area (Å²) < 4.78 is 22.7. The molecule has 0 bridgehead atoms. The van der Waals surface area contributed by atoms with Crippen LogP contribution in [-0.2, 0) is 0 Å². The Morgan fingerprint density at radius 3 is 2.79 bits per heavy atom. The molecule has 0 spiro atoms. The van der Waals surface area contributed by atoms with Crippen LogP contribution in [0.1, 0.15) is 42.1 Å². The van der Waals surface area contributed by atoms with Gasteiger partial charge in [-0.2, -0.15) is 0 Å². The van der Waals surface area contributed by atoms with Gasteiger partial charge >= 0.3 is 5.97 Å². The number of rotatable bonds is 4. The van der Waals surface area contributed by atoms with Crippen LogP contribution in [-0.4, -0.2) is 48.1 Å². The fraction of sp³-hybridized carbons (Fsp3) is 0.476. The molecule has 3 aliphatic rings. The van der Waals surface area contributed by atoms with Gasteiger partial charge in [-0.05, 0) is 31.7 Å². The second-order valence-corrected chi connectivity index (χ2v) is 8.05. The number of halogens is 1. The van der Waals surface area contributed by atoms with E-state index in [4.69, 9.17) is 4.74 Å². The van der Waals surface area contributed by atoms with Gasteiger partial charge in [-0.15, -0.1) is 0 Å². The minimum atomic E-state index is -1.28. The molecule has 152 valence electrons. The molecule has 2 aromatic rings. The number of anilines is 1. The lowest BCUT2D eigenvalue weighted by molar-refractivity contribution is 0.0695. The molecule has 0 unspecified atom stereocenters. The number of carboxylic acids is 1. The van der Waals surface area contributed by atoms with Gasteiger partial charge in [0, 0.05) is 37.0 Å². The van der Waals surface area contributed by atoms with Gasteiger partial charge in [0.15, 0.2) is 11.6 Å². The molecule has 8 heteroatoms. The Kier molecular flexibility index (Phi) is 4.11. The molecule has 0 radical (unpaired) electrons. The lowest BCUT2D eigenvalue weighted by Crippen LogP contribution is -2.24. The first kappa shape index (κ1) is 18.1. The van der Waals surface area contributed by atoms with Crippen LogP contribution in [0.25, 0.3) is 10.9 Å². The van der Waals surface area contributed by atoms with E-state index in [-0.39, 0.29) is 28.4 Å². The Bertz CT molecular complexity index is 1120. The highest BCUT2D eigenvalue weighted by molar-refractivity contribution is 5.98. The number of hydrogen-bond acceptors (Lipinski definition) is 5. The molecule has 1 saturated heterocycles. The van der Waals surface area contributed by atoms with Gasteiger partial charge in [-0.1, -0.05) is 0 Å². The predicted molar refractivity (Wildman–Crippen MR) is 107 cm³/mol. The number of nitrogens with zero attached hydrogens (tertiary/aromatic N) is 3. The van der Waals surface area contributed by atoms with Crippen LogP contribution < -0.4 is 15.1 Å². The molecule has 3 heterocycles. The van der Waals surface area contributed by atoms with Gasteiger partial charge < -0.3 is 19.3 Å². The van der Waals surface area contributed by atoms with E-state index in [1.807, 2.05) is 4.90 Å². The second kappa shape index (κ2) is 6.57. The Morgan fingerprint density at radius 1 is 1.34 bits per heavy atom. The molecule has 1 N–H and O–H groups in total. The SMILES string of the molecule is COc1c(F)c(N2CC3=NCCC[C@H]3C2)cc2c(=O)c(C(=O)O)cn(C3CC3)c12. The molecule has 29 heavy (non-hydrogen) atoms. The number of carbonyl (C=O) groups is 1. The van der Waals surface area contributed by atoms with Crippen molar-refractivity contribution < 1.29 is 19.0 Å². The van der Waals surface area contributed by atoms with E-state index >= 15 is 4.39 Å². The Labute approximate surface area is 166 Å². The third kappa shape index (κ3) is 2.81. The molecule has 1 atom stereocenters. The predicted octanol–water partition coefficient (Wildman–Crippen LogP) is 2.85. The van der Waals surface area contributed by atoms with Crippen molar-refractivity contribution in [2.24, 2.45) is 10.9 Å². The summed E-state index contributed by atoms with van der Waals surface area (Å²) in [6, 6.07) is 1.55. The van der Waals surface area contributed by atoms with Crippen LogP contribution in [0.15, 0.2) is 22.1 Å². The van der Waals surface area contributed by atoms with Crippen LogP contribution in [0.2, 0.25) is 0 Å². The Morgan fingerprint density at radius 2 is 2.14 bits per heavy atom. The number of pyridine rings is 1. The lowest BCUT2D eigenvalue weighted by atomic mass is 9.98. The number of aromatic nitrogens is 1. The second-order valence-electron chi connectivity index (χ2n) is 8.05. The third-order valence-corrected chi connectivity index (χ3v) is 6.20. The first-order chi connectivity index (χ1) is 14.0. The van der Waals surface area contributed by atoms with Crippen LogP contribution in [0, 0.1) is 11.7 Å². The van der Waals surface area contributed by atoms with Crippen molar-refractivity contribution in [3.05, 3.63) is 33.9 Å². The number of benzene rings is 1. The summed E-state index contributed by atoms with van der Waals surface area (Å²) in [5.74, 6) is -1.50.